The maximum Gasteiger partial charge on any atom is 0.254 e. The number of aromatic amines is 1. The van der Waals surface area contributed by atoms with E-state index in [1.807, 2.05) is 50.2 Å². The van der Waals surface area contributed by atoms with Crippen LogP contribution >= 0.6 is 0 Å². The Kier molecular flexibility index (Phi) is 6.41. The number of carbonyl (C=O) groups is 2. The summed E-state index contributed by atoms with van der Waals surface area (Å²) in [6.45, 7) is 7.60. The third kappa shape index (κ3) is 3.64. The van der Waals surface area contributed by atoms with Crippen LogP contribution in [0, 0.1) is 0 Å². The van der Waals surface area contributed by atoms with Crippen molar-refractivity contribution < 1.29 is 19.1 Å². The largest absolute Gasteiger partial charge is 0.493 e. The van der Waals surface area contributed by atoms with Crippen molar-refractivity contribution in [2.75, 3.05) is 33.4 Å². The molecule has 1 aromatic heterocycles. The molecule has 1 fully saturated rings. The lowest BCUT2D eigenvalue weighted by atomic mass is 9.76. The van der Waals surface area contributed by atoms with Gasteiger partial charge in [-0.15, -0.1) is 0 Å². The molecular weight excluding hydrogens is 454 g/mol. The second-order valence-corrected chi connectivity index (χ2v) is 9.83. The highest BCUT2D eigenvalue weighted by Crippen LogP contribution is 2.50. The third-order valence-corrected chi connectivity index (χ3v) is 7.74. The molecule has 1 N–H and O–H groups in total. The van der Waals surface area contributed by atoms with Crippen molar-refractivity contribution in [3.63, 3.8) is 0 Å². The number of benzene rings is 2. The van der Waals surface area contributed by atoms with E-state index in [2.05, 4.69) is 18.0 Å². The van der Waals surface area contributed by atoms with E-state index in [0.717, 1.165) is 47.0 Å². The van der Waals surface area contributed by atoms with Gasteiger partial charge in [-0.2, -0.15) is 0 Å². The van der Waals surface area contributed by atoms with Crippen molar-refractivity contribution in [1.82, 2.24) is 14.8 Å². The second-order valence-electron chi connectivity index (χ2n) is 9.83. The number of fused-ring (bicyclic) bond motifs is 5. The molecule has 2 aliphatic heterocycles. The van der Waals surface area contributed by atoms with Crippen molar-refractivity contribution in [2.45, 2.75) is 51.5 Å². The van der Waals surface area contributed by atoms with Gasteiger partial charge in [0, 0.05) is 35.5 Å². The lowest BCUT2D eigenvalue weighted by Crippen LogP contribution is -2.67. The van der Waals surface area contributed by atoms with Gasteiger partial charge in [0.25, 0.3) is 5.91 Å². The Morgan fingerprint density at radius 3 is 2.64 bits per heavy atom. The van der Waals surface area contributed by atoms with Crippen molar-refractivity contribution >= 4 is 22.7 Å². The summed E-state index contributed by atoms with van der Waals surface area (Å²) in [4.78, 5) is 34.8. The summed E-state index contributed by atoms with van der Waals surface area (Å²) >= 11 is 0. The van der Waals surface area contributed by atoms with Crippen LogP contribution in [-0.2, 0) is 15.1 Å². The summed E-state index contributed by atoms with van der Waals surface area (Å²) in [6, 6.07) is 14.0. The number of carbonyl (C=O) groups excluding carboxylic acids is 2. The van der Waals surface area contributed by atoms with Crippen LogP contribution in [-0.4, -0.2) is 59.9 Å². The molecular formula is C29H35N3O4. The molecule has 36 heavy (non-hydrogen) atoms. The van der Waals surface area contributed by atoms with Gasteiger partial charge >= 0.3 is 0 Å². The number of nitrogens with one attached hydrogen (secondary N) is 1. The molecule has 2 amide bonds. The number of nitrogens with zero attached hydrogens (tertiary/aromatic N) is 2. The standard InChI is InChI=1S/C29H35N3O4/c1-5-7-10-16-31-18-24(33)32-17-21(19-13-11-15-23(35-4)26(19)36-6-2)25-20-12-8-9-14-22(20)30-27(25)29(32,3)28(31)34/h8-9,11-15,21,30H,5-7,10,16-18H2,1-4H3/t21-,29+/m1/s1. The Labute approximate surface area is 212 Å². The Morgan fingerprint density at radius 1 is 1.08 bits per heavy atom. The van der Waals surface area contributed by atoms with Crippen molar-refractivity contribution in [3.05, 3.63) is 59.3 Å². The number of unbranched alkanes of at least 4 members (excludes halogenated alkanes) is 2. The van der Waals surface area contributed by atoms with Crippen molar-refractivity contribution in [3.8, 4) is 11.5 Å². The van der Waals surface area contributed by atoms with Gasteiger partial charge < -0.3 is 24.3 Å². The molecule has 0 bridgehead atoms. The lowest BCUT2D eigenvalue weighted by Gasteiger charge is -2.51. The van der Waals surface area contributed by atoms with Crippen LogP contribution in [0.3, 0.4) is 0 Å². The fraction of sp³-hybridized carbons (Fsp3) is 0.448. The van der Waals surface area contributed by atoms with E-state index in [9.17, 15) is 9.59 Å². The SMILES string of the molecule is CCCCCN1CC(=O)N2C[C@H](c3cccc(OC)c3OCC)c3c([nH]c4ccccc34)[C@@]2(C)C1=O. The van der Waals surface area contributed by atoms with Crippen LogP contribution in [0.2, 0.25) is 0 Å². The summed E-state index contributed by atoms with van der Waals surface area (Å²) in [5.74, 6) is 1.13. The van der Waals surface area contributed by atoms with Crippen molar-refractivity contribution in [2.24, 2.45) is 0 Å². The van der Waals surface area contributed by atoms with Gasteiger partial charge in [-0.3, -0.25) is 9.59 Å². The molecule has 7 nitrogen and oxygen atoms in total. The molecule has 7 heteroatoms. The summed E-state index contributed by atoms with van der Waals surface area (Å²) < 4.78 is 11.7. The van der Waals surface area contributed by atoms with Crippen LogP contribution < -0.4 is 9.47 Å². The molecule has 0 unspecified atom stereocenters. The maximum atomic E-state index is 14.0. The van der Waals surface area contributed by atoms with Gasteiger partial charge in [-0.05, 0) is 38.0 Å². The second kappa shape index (κ2) is 9.52. The number of rotatable bonds is 8. The first-order valence-corrected chi connectivity index (χ1v) is 13.0. The van der Waals surface area contributed by atoms with Crippen LogP contribution in [0.15, 0.2) is 42.5 Å². The summed E-state index contributed by atoms with van der Waals surface area (Å²) in [6.07, 6.45) is 3.00. The smallest absolute Gasteiger partial charge is 0.254 e. The van der Waals surface area contributed by atoms with E-state index in [1.165, 1.54) is 0 Å². The lowest BCUT2D eigenvalue weighted by molar-refractivity contribution is -0.166. The van der Waals surface area contributed by atoms with Gasteiger partial charge in [0.1, 0.15) is 0 Å². The van der Waals surface area contributed by atoms with E-state index in [0.29, 0.717) is 31.2 Å². The number of aromatic nitrogens is 1. The van der Waals surface area contributed by atoms with Crippen LogP contribution in [0.25, 0.3) is 10.9 Å². The maximum absolute atomic E-state index is 14.0. The molecule has 5 rings (SSSR count). The van der Waals surface area contributed by atoms with Gasteiger partial charge in [0.15, 0.2) is 17.0 Å². The normalized spacial score (nSPS) is 21.5. The minimum atomic E-state index is -1.09. The number of amides is 2. The van der Waals surface area contributed by atoms with Crippen LogP contribution in [0.5, 0.6) is 11.5 Å². The number of H-pyrrole nitrogens is 1. The fourth-order valence-corrected chi connectivity index (χ4v) is 5.96. The molecule has 2 atom stereocenters. The Hall–Kier alpha value is -3.48. The first kappa shape index (κ1) is 24.2. The first-order valence-electron chi connectivity index (χ1n) is 13.0. The fourth-order valence-electron chi connectivity index (χ4n) is 5.96. The molecule has 2 aliphatic rings. The average Bonchev–Trinajstić information content (AvgIpc) is 3.28. The number of piperazine rings is 1. The Balaban J connectivity index is 1.70. The predicted molar refractivity (Wildman–Crippen MR) is 139 cm³/mol. The molecule has 0 saturated carbocycles. The predicted octanol–water partition coefficient (Wildman–Crippen LogP) is 4.80. The monoisotopic (exact) mass is 489 g/mol. The third-order valence-electron chi connectivity index (χ3n) is 7.74. The number of ether oxygens (including phenoxy) is 2. The zero-order valence-corrected chi connectivity index (χ0v) is 21.6. The van der Waals surface area contributed by atoms with Gasteiger partial charge in [0.2, 0.25) is 5.91 Å². The molecule has 2 aromatic carbocycles. The van der Waals surface area contributed by atoms with E-state index >= 15 is 0 Å². The summed E-state index contributed by atoms with van der Waals surface area (Å²) in [7, 11) is 1.64. The van der Waals surface area contributed by atoms with E-state index in [-0.39, 0.29) is 24.3 Å². The molecule has 3 aromatic rings. The zero-order chi connectivity index (χ0) is 25.4. The molecule has 0 spiro atoms. The van der Waals surface area contributed by atoms with Gasteiger partial charge in [-0.1, -0.05) is 50.1 Å². The van der Waals surface area contributed by atoms with Crippen LogP contribution in [0.4, 0.5) is 0 Å². The topological polar surface area (TPSA) is 74.9 Å². The van der Waals surface area contributed by atoms with E-state index in [1.54, 1.807) is 16.9 Å². The first-order chi connectivity index (χ1) is 17.4. The van der Waals surface area contributed by atoms with Crippen molar-refractivity contribution in [1.29, 1.82) is 0 Å². The highest BCUT2D eigenvalue weighted by atomic mass is 16.5. The average molecular weight is 490 g/mol. The minimum absolute atomic E-state index is 0.0138. The van der Waals surface area contributed by atoms with Gasteiger partial charge in [0.05, 0.1) is 26.0 Å². The summed E-state index contributed by atoms with van der Waals surface area (Å²) in [5.41, 5.74) is 2.67. The Morgan fingerprint density at radius 2 is 1.89 bits per heavy atom. The number of hydrogen-bond acceptors (Lipinski definition) is 4. The quantitative estimate of drug-likeness (QED) is 0.462. The molecule has 190 valence electrons. The summed E-state index contributed by atoms with van der Waals surface area (Å²) in [5, 5.41) is 1.06. The number of methoxy groups -OCH3 is 1. The van der Waals surface area contributed by atoms with E-state index in [4.69, 9.17) is 9.47 Å². The molecule has 1 saturated heterocycles. The Bertz CT molecular complexity index is 1300. The highest BCUT2D eigenvalue weighted by Gasteiger charge is 2.56. The molecule has 0 aliphatic carbocycles. The zero-order valence-electron chi connectivity index (χ0n) is 21.6. The number of para-hydroxylation sites is 2. The van der Waals surface area contributed by atoms with E-state index < -0.39 is 5.54 Å². The number of hydrogen-bond donors (Lipinski definition) is 1. The molecule has 0 radical (unpaired) electrons. The minimum Gasteiger partial charge on any atom is -0.493 e. The van der Waals surface area contributed by atoms with Gasteiger partial charge in [-0.25, -0.2) is 0 Å². The highest BCUT2D eigenvalue weighted by molar-refractivity contribution is 6.01. The molecule has 3 heterocycles. The van der Waals surface area contributed by atoms with Crippen LogP contribution in [0.1, 0.15) is 62.8 Å².